The Morgan fingerprint density at radius 3 is 2.70 bits per heavy atom. The molecule has 8 nitrogen and oxygen atoms in total. The molecule has 2 aliphatic rings. The first kappa shape index (κ1) is 26.6. The number of aryl methyl sites for hydroxylation is 2. The molecule has 1 fully saturated rings. The van der Waals surface area contributed by atoms with Gasteiger partial charge in [0.2, 0.25) is 0 Å². The van der Waals surface area contributed by atoms with E-state index in [-0.39, 0.29) is 18.4 Å². The number of carbonyl (C=O) groups is 3. The Hall–Kier alpha value is -3.42. The summed E-state index contributed by atoms with van der Waals surface area (Å²) in [4.78, 5) is 44.7. The first-order valence-electron chi connectivity index (χ1n) is 13.2. The number of benzene rings is 1. The minimum Gasteiger partial charge on any atom is -0.460 e. The molecule has 37 heavy (non-hydrogen) atoms. The molecule has 8 heteroatoms. The molecule has 0 saturated carbocycles. The van der Waals surface area contributed by atoms with Gasteiger partial charge in [-0.25, -0.2) is 0 Å². The van der Waals surface area contributed by atoms with Crippen molar-refractivity contribution in [2.45, 2.75) is 78.4 Å². The van der Waals surface area contributed by atoms with Gasteiger partial charge in [0.05, 0.1) is 30.0 Å². The van der Waals surface area contributed by atoms with Crippen LogP contribution >= 0.6 is 0 Å². The third-order valence-electron chi connectivity index (χ3n) is 6.90. The van der Waals surface area contributed by atoms with Crippen LogP contribution in [0.3, 0.4) is 0 Å². The second kappa shape index (κ2) is 10.9. The van der Waals surface area contributed by atoms with Crippen LogP contribution < -0.4 is 10.6 Å². The highest BCUT2D eigenvalue weighted by Crippen LogP contribution is 2.36. The van der Waals surface area contributed by atoms with Gasteiger partial charge >= 0.3 is 17.8 Å². The average molecular weight is 507 g/mol. The monoisotopic (exact) mass is 506 g/mol. The molecule has 2 aromatic rings. The van der Waals surface area contributed by atoms with Crippen molar-refractivity contribution in [1.29, 1.82) is 0 Å². The lowest BCUT2D eigenvalue weighted by molar-refractivity contribution is -0.154. The Balaban J connectivity index is 1.45. The van der Waals surface area contributed by atoms with Gasteiger partial charge in [-0.3, -0.25) is 19.4 Å². The molecule has 0 spiro atoms. The topological polar surface area (TPSA) is 101 Å². The average Bonchev–Trinajstić information content (AvgIpc) is 2.83. The molecule has 2 N–H and O–H groups in total. The zero-order chi connectivity index (χ0) is 26.7. The van der Waals surface area contributed by atoms with E-state index in [1.807, 2.05) is 27.7 Å². The van der Waals surface area contributed by atoms with Gasteiger partial charge in [-0.15, -0.1) is 0 Å². The third-order valence-corrected chi connectivity index (χ3v) is 6.90. The molecule has 1 saturated heterocycles. The molecule has 0 radical (unpaired) electrons. The van der Waals surface area contributed by atoms with Crippen molar-refractivity contribution in [3.05, 3.63) is 52.8 Å². The van der Waals surface area contributed by atoms with Gasteiger partial charge in [-0.05, 0) is 88.1 Å². The van der Waals surface area contributed by atoms with Crippen molar-refractivity contribution < 1.29 is 19.1 Å². The summed E-state index contributed by atoms with van der Waals surface area (Å²) in [7, 11) is 0. The Bertz CT molecular complexity index is 1190. The number of rotatable bonds is 4. The summed E-state index contributed by atoms with van der Waals surface area (Å²) in [5.41, 5.74) is 4.68. The highest BCUT2D eigenvalue weighted by Gasteiger charge is 2.34. The molecule has 1 aromatic carbocycles. The normalized spacial score (nSPS) is 19.4. The summed E-state index contributed by atoms with van der Waals surface area (Å²) in [5.74, 6) is -1.26. The number of carbonyl (C=O) groups excluding carboxylic acids is 3. The molecule has 0 aliphatic carbocycles. The first-order valence-corrected chi connectivity index (χ1v) is 13.2. The van der Waals surface area contributed by atoms with Gasteiger partial charge in [-0.2, -0.15) is 0 Å². The molecule has 1 aromatic heterocycles. The second-order valence-electron chi connectivity index (χ2n) is 11.3. The number of ether oxygens (including phenoxy) is 1. The van der Waals surface area contributed by atoms with E-state index in [2.05, 4.69) is 40.7 Å². The Kier molecular flexibility index (Phi) is 7.85. The maximum absolute atomic E-state index is 13.4. The number of nitrogens with zero attached hydrogens (tertiary/aromatic N) is 2. The Morgan fingerprint density at radius 2 is 1.97 bits per heavy atom. The van der Waals surface area contributed by atoms with Crippen LogP contribution in [-0.4, -0.2) is 46.4 Å². The number of likely N-dealkylation sites (tertiary alicyclic amines) is 1. The highest BCUT2D eigenvalue weighted by atomic mass is 16.6. The van der Waals surface area contributed by atoms with E-state index in [0.717, 1.165) is 49.0 Å². The molecular weight excluding hydrogens is 468 g/mol. The molecule has 3 heterocycles. The summed E-state index contributed by atoms with van der Waals surface area (Å²) < 4.78 is 5.37. The van der Waals surface area contributed by atoms with E-state index < -0.39 is 17.4 Å². The number of piperidine rings is 1. The predicted molar refractivity (Wildman–Crippen MR) is 143 cm³/mol. The largest absolute Gasteiger partial charge is 0.460 e. The van der Waals surface area contributed by atoms with E-state index in [4.69, 9.17) is 4.74 Å². The van der Waals surface area contributed by atoms with E-state index in [9.17, 15) is 14.4 Å². The molecular formula is C29H38N4O4. The van der Waals surface area contributed by atoms with Crippen molar-refractivity contribution in [1.82, 2.24) is 9.88 Å². The smallest absolute Gasteiger partial charge is 0.313 e. The SMILES string of the molecule is Cc1cc(NC(=O)C(=O)N2C[C@H](C)CC[C@H]2c2ccc3c(c2)CCCN3)cnc1CC(=O)OC(C)(C)C. The minimum atomic E-state index is -0.681. The van der Waals surface area contributed by atoms with Crippen LogP contribution in [0.4, 0.5) is 11.4 Å². The van der Waals surface area contributed by atoms with E-state index >= 15 is 0 Å². The molecule has 198 valence electrons. The van der Waals surface area contributed by atoms with E-state index in [0.29, 0.717) is 23.8 Å². The quantitative estimate of drug-likeness (QED) is 0.465. The molecule has 0 unspecified atom stereocenters. The van der Waals surface area contributed by atoms with Gasteiger partial charge in [0.1, 0.15) is 5.60 Å². The van der Waals surface area contributed by atoms with Crippen molar-refractivity contribution in [3.63, 3.8) is 0 Å². The lowest BCUT2D eigenvalue weighted by Crippen LogP contribution is -2.46. The fourth-order valence-corrected chi connectivity index (χ4v) is 5.11. The Labute approximate surface area is 219 Å². The van der Waals surface area contributed by atoms with Crippen molar-refractivity contribution >= 4 is 29.2 Å². The fraction of sp³-hybridized carbons (Fsp3) is 0.517. The van der Waals surface area contributed by atoms with Crippen molar-refractivity contribution in [2.75, 3.05) is 23.7 Å². The standard InChI is InChI=1S/C29H38N4O4/c1-18-8-11-25(21-9-10-23-20(14-21)7-6-12-30-23)33(17-18)28(36)27(35)32-22-13-19(2)24(31-16-22)15-26(34)37-29(3,4)5/h9-10,13-14,16,18,25,30H,6-8,11-12,15,17H2,1-5H3,(H,32,35)/t18-,25+/m1/s1. The zero-order valence-electron chi connectivity index (χ0n) is 22.5. The van der Waals surface area contributed by atoms with Crippen molar-refractivity contribution in [3.8, 4) is 0 Å². The number of fused-ring (bicyclic) bond motifs is 1. The summed E-state index contributed by atoms with van der Waals surface area (Å²) >= 11 is 0. The third kappa shape index (κ3) is 6.67. The van der Waals surface area contributed by atoms with E-state index in [1.54, 1.807) is 11.0 Å². The van der Waals surface area contributed by atoms with Crippen LogP contribution in [0.5, 0.6) is 0 Å². The van der Waals surface area contributed by atoms with Gasteiger partial charge in [0, 0.05) is 18.8 Å². The summed E-state index contributed by atoms with van der Waals surface area (Å²) in [5, 5.41) is 6.15. The number of hydrogen-bond acceptors (Lipinski definition) is 6. The zero-order valence-corrected chi connectivity index (χ0v) is 22.5. The molecule has 4 rings (SSSR count). The lowest BCUT2D eigenvalue weighted by Gasteiger charge is -2.39. The molecule has 2 atom stereocenters. The van der Waals surface area contributed by atoms with Crippen LogP contribution in [-0.2, 0) is 32.0 Å². The maximum atomic E-state index is 13.4. The van der Waals surface area contributed by atoms with E-state index in [1.165, 1.54) is 11.8 Å². The fourth-order valence-electron chi connectivity index (χ4n) is 5.11. The van der Waals surface area contributed by atoms with Crippen LogP contribution in [0.25, 0.3) is 0 Å². The number of aromatic nitrogens is 1. The molecule has 2 aliphatic heterocycles. The van der Waals surface area contributed by atoms with Crippen LogP contribution in [0.1, 0.15) is 75.4 Å². The van der Waals surface area contributed by atoms with Gasteiger partial charge < -0.3 is 20.3 Å². The molecule has 2 amide bonds. The van der Waals surface area contributed by atoms with Crippen LogP contribution in [0, 0.1) is 12.8 Å². The number of amides is 2. The summed E-state index contributed by atoms with van der Waals surface area (Å²) in [6, 6.07) is 7.96. The van der Waals surface area contributed by atoms with Crippen molar-refractivity contribution in [2.24, 2.45) is 5.92 Å². The number of anilines is 2. The number of hydrogen-bond donors (Lipinski definition) is 2. The maximum Gasteiger partial charge on any atom is 0.313 e. The summed E-state index contributed by atoms with van der Waals surface area (Å²) in [6.45, 7) is 10.9. The van der Waals surface area contributed by atoms with Crippen LogP contribution in [0.15, 0.2) is 30.5 Å². The number of pyridine rings is 1. The highest BCUT2D eigenvalue weighted by molar-refractivity contribution is 6.39. The number of esters is 1. The lowest BCUT2D eigenvalue weighted by atomic mass is 9.88. The van der Waals surface area contributed by atoms with Gasteiger partial charge in [0.25, 0.3) is 0 Å². The first-order chi connectivity index (χ1) is 17.5. The van der Waals surface area contributed by atoms with Gasteiger partial charge in [0.15, 0.2) is 0 Å². The summed E-state index contributed by atoms with van der Waals surface area (Å²) in [6.07, 6.45) is 5.46. The van der Waals surface area contributed by atoms with Gasteiger partial charge in [-0.1, -0.05) is 19.1 Å². The predicted octanol–water partition coefficient (Wildman–Crippen LogP) is 4.57. The minimum absolute atomic E-state index is 0.0416. The van der Waals surface area contributed by atoms with Crippen LogP contribution in [0.2, 0.25) is 0 Å². The Morgan fingerprint density at radius 1 is 1.19 bits per heavy atom. The molecule has 0 bridgehead atoms. The second-order valence-corrected chi connectivity index (χ2v) is 11.3. The number of nitrogens with one attached hydrogen (secondary N) is 2.